The highest BCUT2D eigenvalue weighted by Gasteiger charge is 2.62. The minimum atomic E-state index is 0.858. The Morgan fingerprint density at radius 3 is 0.520 bits per heavy atom. The van der Waals surface area contributed by atoms with Crippen LogP contribution in [0.1, 0.15) is 586 Å². The summed E-state index contributed by atoms with van der Waals surface area (Å²) in [6.07, 6.45) is 137. The zero-order chi connectivity index (χ0) is 83.5. The van der Waals surface area contributed by atoms with Crippen LogP contribution in [0.25, 0.3) is 0 Å². The van der Waals surface area contributed by atoms with Gasteiger partial charge < -0.3 is 0 Å². The summed E-state index contributed by atoms with van der Waals surface area (Å²) < 4.78 is 0. The third kappa shape index (κ3) is 27.0. The zero-order valence-electron chi connectivity index (χ0n) is 83.5. The Bertz CT molecular complexity index is 2650. The fraction of sp³-hybridized carbons (Fsp3) is 1.00. The Morgan fingerprint density at radius 2 is 0.293 bits per heavy atom. The van der Waals surface area contributed by atoms with Gasteiger partial charge in [-0.2, -0.15) is 0 Å². The largest absolute Gasteiger partial charge is 0.0619 e. The maximum Gasteiger partial charge on any atom is -0.0297 e. The highest BCUT2D eigenvalue weighted by Crippen LogP contribution is 2.67. The lowest BCUT2D eigenvalue weighted by Gasteiger charge is -2.68. The van der Waals surface area contributed by atoms with Crippen molar-refractivity contribution in [1.82, 2.24) is 0 Å². The van der Waals surface area contributed by atoms with Crippen LogP contribution in [0.4, 0.5) is 0 Å². The van der Waals surface area contributed by atoms with Gasteiger partial charge in [-0.1, -0.05) is 387 Å². The van der Waals surface area contributed by atoms with E-state index in [4.69, 9.17) is 0 Å². The third-order valence-electron chi connectivity index (χ3n) is 46.0. The van der Waals surface area contributed by atoms with Gasteiger partial charge in [-0.05, 0) is 387 Å². The van der Waals surface area contributed by atoms with Crippen LogP contribution >= 0.6 is 0 Å². The molecule has 0 aliphatic heterocycles. The van der Waals surface area contributed by atoms with Gasteiger partial charge in [0.05, 0.1) is 0 Å². The van der Waals surface area contributed by atoms with Gasteiger partial charge in [-0.15, -0.1) is 0 Å². The summed E-state index contributed by atoms with van der Waals surface area (Å²) in [6, 6.07) is 0. The summed E-state index contributed by atoms with van der Waals surface area (Å²) in [4.78, 5) is 0. The first kappa shape index (κ1) is 94.8. The molecular formula is C123H214. The molecule has 123 heavy (non-hydrogen) atoms. The maximum absolute atomic E-state index is 2.40. The topological polar surface area (TPSA) is 0 Å². The van der Waals surface area contributed by atoms with E-state index in [1.165, 1.54) is 232 Å². The smallest absolute Gasteiger partial charge is 0.0297 e. The predicted molar refractivity (Wildman–Crippen MR) is 532 cm³/mol. The quantitative estimate of drug-likeness (QED) is 0.227. The van der Waals surface area contributed by atoms with E-state index in [1.54, 1.807) is 405 Å². The molecule has 33 rings (SSSR count). The first-order valence-corrected chi connectivity index (χ1v) is 60.5. The SMILES string of the molecule is C1CC2CC(C1)C2.C1CC2CC1C2.C1CC2CCC(C1)C2.C1CC2CCC1C2.C1CC2CCCC(C1)C2.C1CCC2(CC1)CC2.C1CCC2(CC1)CCCC2.C1CCC2(CC1)CCCCC2.C1CCC2C(C1)CCC1C2CCC2C3CCCCC3CCC21.C1CCC2CC(C1)C2.C1CCC2CCC(C1)C2.C1CCC2CCCC(C1)C2.CC1C2C(C)C1C2C. The van der Waals surface area contributed by atoms with Crippen molar-refractivity contribution in [3.05, 3.63) is 0 Å². The highest BCUT2D eigenvalue weighted by atomic mass is 14.7. The summed E-state index contributed by atoms with van der Waals surface area (Å²) in [5.41, 5.74) is 2.66. The lowest BCUT2D eigenvalue weighted by molar-refractivity contribution is -0.206. The second kappa shape index (κ2) is 48.0. The summed E-state index contributed by atoms with van der Waals surface area (Å²) in [6.45, 7) is 7.19. The van der Waals surface area contributed by atoms with Crippen LogP contribution < -0.4 is 0 Å². The molecule has 0 aromatic rings. The molecule has 33 aliphatic carbocycles. The molecule has 0 heterocycles. The molecular weight excluding hydrogens is 1480 g/mol. The summed E-state index contributed by atoms with van der Waals surface area (Å²) in [7, 11) is 0. The minimum absolute atomic E-state index is 0.858. The van der Waals surface area contributed by atoms with Crippen LogP contribution in [-0.2, 0) is 0 Å². The molecule has 0 N–H and O–H groups in total. The Hall–Kier alpha value is 0. The molecule has 14 unspecified atom stereocenters. The van der Waals surface area contributed by atoms with E-state index in [1.807, 2.05) is 0 Å². The zero-order valence-corrected chi connectivity index (χ0v) is 83.5. The molecule has 33 aliphatic rings. The van der Waals surface area contributed by atoms with Crippen LogP contribution in [0.5, 0.6) is 0 Å². The standard InChI is InChI=1S/C22H36.C11H20.2C10H18.2C9H16.4C8H14.2C7H12.C6H10/c1-3-7-17-15(5-1)9-11-21-19(17)13-14-20-18-8-4-2-6-16(18)10-12-22(20)21;1-3-7-11(8-4-1)9-5-2-6-10-11;1-2-5-10-7-3-6-9(4-1)8-10;1-2-6-10(7-3-1)8-4-5-9-10;1-3-8-5-2-6-9(4-1)7-8;1-2-4-9-6-5-8(3-1)7-9;1-4-7-5(2)8(4)6(7)3;1-2-7-4-5-8(3-1)6-7;1-2-4-8-5-7(3-1)6-8;1-2-4-8(5-3-1)6-7-8;1-2-7-4-3-6(1)5-7;1-2-6-4-7(3-1)5-6;1-2-6-3-5(1)4-6/h15-22H,1-14H2;1-10H2;9-10H,1-8H2;1-9H2;2*8-9H,1-7H2;4-8H,1-3H3;2*7-8H,1-6H2;1-7H2;2*6-7H,1-5H2;5-6H,1-4H2. The van der Waals surface area contributed by atoms with Gasteiger partial charge in [0.2, 0.25) is 0 Å². The van der Waals surface area contributed by atoms with Gasteiger partial charge in [-0.25, -0.2) is 0 Å². The molecule has 3 spiro atoms. The first-order valence-electron chi connectivity index (χ1n) is 60.5. The van der Waals surface area contributed by atoms with Crippen molar-refractivity contribution in [2.75, 3.05) is 0 Å². The summed E-state index contributed by atoms with van der Waals surface area (Å²) >= 11 is 0. The fourth-order valence-electron chi connectivity index (χ4n) is 38.3. The molecule has 33 fully saturated rings. The van der Waals surface area contributed by atoms with Gasteiger partial charge >= 0.3 is 0 Å². The van der Waals surface area contributed by atoms with Crippen LogP contribution in [0, 0.1) is 188 Å². The second-order valence-corrected chi connectivity index (χ2v) is 53.8. The van der Waals surface area contributed by atoms with Crippen molar-refractivity contribution in [1.29, 1.82) is 0 Å². The van der Waals surface area contributed by atoms with Gasteiger partial charge in [-0.3, -0.25) is 0 Å². The number of fused-ring (bicyclic) bond motifs is 23. The first-order chi connectivity index (χ1) is 60.5. The van der Waals surface area contributed by atoms with E-state index in [-0.39, 0.29) is 0 Å². The lowest BCUT2D eigenvalue weighted by atomic mass is 9.37. The van der Waals surface area contributed by atoms with E-state index in [9.17, 15) is 0 Å². The highest BCUT2D eigenvalue weighted by molar-refractivity contribution is 5.09. The van der Waals surface area contributed by atoms with Gasteiger partial charge in [0.1, 0.15) is 0 Å². The molecule has 14 atom stereocenters. The Balaban J connectivity index is 0.0000000962. The van der Waals surface area contributed by atoms with E-state index in [2.05, 4.69) is 20.8 Å². The molecule has 0 radical (unpaired) electrons. The van der Waals surface area contributed by atoms with Crippen molar-refractivity contribution < 1.29 is 0 Å². The van der Waals surface area contributed by atoms with Gasteiger partial charge in [0.25, 0.3) is 0 Å². The van der Waals surface area contributed by atoms with Crippen molar-refractivity contribution in [3.63, 3.8) is 0 Å². The molecule has 0 nitrogen and oxygen atoms in total. The Kier molecular flexibility index (Phi) is 36.9. The monoisotopic (exact) mass is 1690 g/mol. The summed E-state index contributed by atoms with van der Waals surface area (Å²) in [5, 5.41) is 0. The number of rotatable bonds is 0. The van der Waals surface area contributed by atoms with Crippen molar-refractivity contribution in [2.24, 2.45) is 188 Å². The molecule has 0 heteroatoms. The maximum atomic E-state index is 2.40. The fourth-order valence-corrected chi connectivity index (χ4v) is 38.3. The predicted octanol–water partition coefficient (Wildman–Crippen LogP) is 39.4. The lowest BCUT2D eigenvalue weighted by Crippen LogP contribution is -2.63. The third-order valence-corrected chi connectivity index (χ3v) is 46.0. The average molecular weight is 1690 g/mol. The van der Waals surface area contributed by atoms with Crippen LogP contribution in [0.3, 0.4) is 0 Å². The average Bonchev–Trinajstić information content (AvgIpc) is 1.46. The van der Waals surface area contributed by atoms with Crippen molar-refractivity contribution in [2.45, 2.75) is 586 Å². The molecule has 0 amide bonds. The van der Waals surface area contributed by atoms with Gasteiger partial charge in [0, 0.05) is 0 Å². The molecule has 0 saturated heterocycles. The molecule has 18 bridgehead atoms. The Morgan fingerprint density at radius 1 is 0.122 bits per heavy atom. The van der Waals surface area contributed by atoms with Crippen LogP contribution in [0.2, 0.25) is 0 Å². The summed E-state index contributed by atoms with van der Waals surface area (Å²) in [5.74, 6) is 33.4. The van der Waals surface area contributed by atoms with Gasteiger partial charge in [0.15, 0.2) is 0 Å². The molecule has 706 valence electrons. The van der Waals surface area contributed by atoms with Crippen LogP contribution in [0.15, 0.2) is 0 Å². The van der Waals surface area contributed by atoms with Crippen LogP contribution in [-0.4, -0.2) is 0 Å². The van der Waals surface area contributed by atoms with E-state index < -0.39 is 0 Å². The second-order valence-electron chi connectivity index (χ2n) is 53.8. The minimum Gasteiger partial charge on any atom is -0.0619 e. The van der Waals surface area contributed by atoms with Crippen molar-refractivity contribution in [3.8, 4) is 0 Å². The molecule has 0 aromatic carbocycles. The molecule has 33 saturated carbocycles. The normalized spacial score (nSPS) is 45.0. The Labute approximate surface area is 768 Å². The van der Waals surface area contributed by atoms with Crippen molar-refractivity contribution >= 4 is 0 Å². The molecule has 0 aromatic heterocycles. The van der Waals surface area contributed by atoms with E-state index in [0.29, 0.717) is 0 Å². The number of hydrogen-bond acceptors (Lipinski definition) is 0. The number of hydrogen-bond donors (Lipinski definition) is 0. The van der Waals surface area contributed by atoms with E-state index >= 15 is 0 Å². The van der Waals surface area contributed by atoms with E-state index in [0.717, 1.165) is 117 Å².